The molecule has 2 aliphatic rings. The summed E-state index contributed by atoms with van der Waals surface area (Å²) in [6.07, 6.45) is -1.69. The highest BCUT2D eigenvalue weighted by Gasteiger charge is 2.44. The Morgan fingerprint density at radius 2 is 1.84 bits per heavy atom. The van der Waals surface area contributed by atoms with Gasteiger partial charge in [-0.2, -0.15) is 4.31 Å². The van der Waals surface area contributed by atoms with Gasteiger partial charge in [0.1, 0.15) is 6.10 Å². The van der Waals surface area contributed by atoms with E-state index in [1.165, 1.54) is 28.6 Å². The molecule has 2 aromatic rings. The number of fused-ring (bicyclic) bond motifs is 1. The number of nitrogen functional groups attached to an aromatic ring is 1. The zero-order valence-corrected chi connectivity index (χ0v) is 22.5. The van der Waals surface area contributed by atoms with E-state index in [0.717, 1.165) is 12.0 Å². The summed E-state index contributed by atoms with van der Waals surface area (Å²) in [6, 6.07) is 14.5. The SMILES string of the molecule is CC(C)CN(C[C@H](O)[C@H](Cc1ccccc1)NC(=O)O[C@@H]1CO[C@H]2OCC[C@@H]21)S(=O)(=O)c1ccc(N)cc1. The predicted molar refractivity (Wildman–Crippen MR) is 142 cm³/mol. The van der Waals surface area contributed by atoms with E-state index in [9.17, 15) is 18.3 Å². The Hall–Kier alpha value is -2.70. The number of rotatable bonds is 11. The molecule has 4 rings (SSSR count). The molecule has 0 bridgehead atoms. The van der Waals surface area contributed by atoms with Gasteiger partial charge in [-0.15, -0.1) is 0 Å². The number of hydrogen-bond donors (Lipinski definition) is 3. The van der Waals surface area contributed by atoms with Gasteiger partial charge in [-0.05, 0) is 48.6 Å². The Bertz CT molecular complexity index is 1160. The monoisotopic (exact) mass is 547 g/mol. The number of nitrogens with two attached hydrogens (primary N) is 1. The third-order valence-electron chi connectivity index (χ3n) is 6.79. The number of alkyl carbamates (subject to hydrolysis) is 1. The predicted octanol–water partition coefficient (Wildman–Crippen LogP) is 2.38. The fourth-order valence-electron chi connectivity index (χ4n) is 4.82. The molecule has 4 N–H and O–H groups in total. The summed E-state index contributed by atoms with van der Waals surface area (Å²) in [5, 5.41) is 14.1. The van der Waals surface area contributed by atoms with E-state index in [1.807, 2.05) is 44.2 Å². The average molecular weight is 548 g/mol. The van der Waals surface area contributed by atoms with Gasteiger partial charge in [0.15, 0.2) is 6.29 Å². The highest BCUT2D eigenvalue weighted by molar-refractivity contribution is 7.89. The van der Waals surface area contributed by atoms with Crippen LogP contribution < -0.4 is 11.1 Å². The van der Waals surface area contributed by atoms with Crippen molar-refractivity contribution >= 4 is 21.8 Å². The second-order valence-corrected chi connectivity index (χ2v) is 12.2. The van der Waals surface area contributed by atoms with Crippen LogP contribution in [0.4, 0.5) is 10.5 Å². The van der Waals surface area contributed by atoms with E-state index in [2.05, 4.69) is 5.32 Å². The van der Waals surface area contributed by atoms with E-state index in [4.69, 9.17) is 19.9 Å². The van der Waals surface area contributed by atoms with Crippen molar-refractivity contribution in [1.82, 2.24) is 9.62 Å². The first-order chi connectivity index (χ1) is 18.1. The van der Waals surface area contributed by atoms with Crippen LogP contribution in [-0.2, 0) is 30.7 Å². The molecule has 10 nitrogen and oxygen atoms in total. The third-order valence-corrected chi connectivity index (χ3v) is 8.63. The number of carbonyl (C=O) groups is 1. The van der Waals surface area contributed by atoms with Crippen molar-refractivity contribution in [3.63, 3.8) is 0 Å². The molecule has 38 heavy (non-hydrogen) atoms. The lowest BCUT2D eigenvalue weighted by Gasteiger charge is -2.31. The molecular weight excluding hydrogens is 510 g/mol. The van der Waals surface area contributed by atoms with Gasteiger partial charge in [0.25, 0.3) is 0 Å². The molecule has 0 unspecified atom stereocenters. The van der Waals surface area contributed by atoms with Crippen molar-refractivity contribution in [2.45, 2.75) is 56.1 Å². The van der Waals surface area contributed by atoms with Crippen molar-refractivity contribution in [2.75, 3.05) is 32.0 Å². The van der Waals surface area contributed by atoms with Gasteiger partial charge in [0, 0.05) is 18.8 Å². The van der Waals surface area contributed by atoms with E-state index in [0.29, 0.717) is 12.3 Å². The van der Waals surface area contributed by atoms with Crippen LogP contribution in [0.1, 0.15) is 25.8 Å². The van der Waals surface area contributed by atoms with Gasteiger partial charge in [-0.25, -0.2) is 13.2 Å². The zero-order chi connectivity index (χ0) is 27.3. The maximum atomic E-state index is 13.5. The van der Waals surface area contributed by atoms with Crippen molar-refractivity contribution in [1.29, 1.82) is 0 Å². The van der Waals surface area contributed by atoms with Gasteiger partial charge in [-0.3, -0.25) is 0 Å². The molecule has 11 heteroatoms. The van der Waals surface area contributed by atoms with E-state index >= 15 is 0 Å². The minimum atomic E-state index is -3.93. The first kappa shape index (κ1) is 28.3. The number of anilines is 1. The average Bonchev–Trinajstić information content (AvgIpc) is 3.49. The maximum absolute atomic E-state index is 13.5. The molecule has 5 atom stereocenters. The number of amides is 1. The summed E-state index contributed by atoms with van der Waals surface area (Å²) >= 11 is 0. The first-order valence-electron chi connectivity index (χ1n) is 12.9. The molecule has 2 saturated heterocycles. The van der Waals surface area contributed by atoms with Crippen LogP contribution in [0.25, 0.3) is 0 Å². The fraction of sp³-hybridized carbons (Fsp3) is 0.519. The fourth-order valence-corrected chi connectivity index (χ4v) is 6.45. The van der Waals surface area contributed by atoms with Crippen LogP contribution in [0.3, 0.4) is 0 Å². The topological polar surface area (TPSA) is 140 Å². The molecule has 0 aliphatic carbocycles. The molecule has 2 aliphatic heterocycles. The molecule has 0 spiro atoms. The number of ether oxygens (including phenoxy) is 3. The first-order valence-corrected chi connectivity index (χ1v) is 14.4. The van der Waals surface area contributed by atoms with Crippen molar-refractivity contribution < 1.29 is 32.5 Å². The second kappa shape index (κ2) is 12.4. The van der Waals surface area contributed by atoms with Crippen LogP contribution in [0.5, 0.6) is 0 Å². The number of hydrogen-bond acceptors (Lipinski definition) is 8. The summed E-state index contributed by atoms with van der Waals surface area (Å²) in [6.45, 7) is 4.58. The second-order valence-electron chi connectivity index (χ2n) is 10.3. The molecular formula is C27H37N3O7S. The van der Waals surface area contributed by atoms with Gasteiger partial charge >= 0.3 is 6.09 Å². The van der Waals surface area contributed by atoms with Crippen LogP contribution in [0.2, 0.25) is 0 Å². The van der Waals surface area contributed by atoms with Crippen LogP contribution >= 0.6 is 0 Å². The number of aliphatic hydroxyl groups excluding tert-OH is 1. The van der Waals surface area contributed by atoms with Gasteiger partial charge in [0.2, 0.25) is 10.0 Å². The molecule has 2 fully saturated rings. The zero-order valence-electron chi connectivity index (χ0n) is 21.7. The molecule has 0 aromatic heterocycles. The lowest BCUT2D eigenvalue weighted by Crippen LogP contribution is -2.51. The smallest absolute Gasteiger partial charge is 0.407 e. The lowest BCUT2D eigenvalue weighted by atomic mass is 10.0. The summed E-state index contributed by atoms with van der Waals surface area (Å²) in [4.78, 5) is 13.0. The Labute approximate surface area is 224 Å². The Balaban J connectivity index is 1.51. The van der Waals surface area contributed by atoms with Crippen molar-refractivity contribution in [3.05, 3.63) is 60.2 Å². The molecule has 0 radical (unpaired) electrons. The minimum Gasteiger partial charge on any atom is -0.443 e. The Morgan fingerprint density at radius 1 is 1.13 bits per heavy atom. The molecule has 2 aromatic carbocycles. The van der Waals surface area contributed by atoms with E-state index in [1.54, 1.807) is 0 Å². The Kier molecular flexibility index (Phi) is 9.27. The summed E-state index contributed by atoms with van der Waals surface area (Å²) in [5.74, 6) is -0.0231. The molecule has 2 heterocycles. The van der Waals surface area contributed by atoms with Gasteiger partial charge in [-0.1, -0.05) is 44.2 Å². The minimum absolute atomic E-state index is 0.000183. The van der Waals surface area contributed by atoms with E-state index in [-0.39, 0.29) is 49.1 Å². The third kappa shape index (κ3) is 7.03. The largest absolute Gasteiger partial charge is 0.443 e. The molecule has 0 saturated carbocycles. The van der Waals surface area contributed by atoms with Crippen LogP contribution in [0.15, 0.2) is 59.5 Å². The van der Waals surface area contributed by atoms with E-state index < -0.39 is 34.4 Å². The molecule has 208 valence electrons. The number of sulfonamides is 1. The quantitative estimate of drug-likeness (QED) is 0.364. The highest BCUT2D eigenvalue weighted by atomic mass is 32.2. The van der Waals surface area contributed by atoms with Gasteiger partial charge < -0.3 is 30.4 Å². The summed E-state index contributed by atoms with van der Waals surface area (Å²) < 4.78 is 44.9. The summed E-state index contributed by atoms with van der Waals surface area (Å²) in [5.41, 5.74) is 7.07. The number of nitrogens with one attached hydrogen (secondary N) is 1. The lowest BCUT2D eigenvalue weighted by molar-refractivity contribution is -0.0907. The van der Waals surface area contributed by atoms with Gasteiger partial charge in [0.05, 0.1) is 36.2 Å². The van der Waals surface area contributed by atoms with Crippen LogP contribution in [0, 0.1) is 11.8 Å². The van der Waals surface area contributed by atoms with Crippen molar-refractivity contribution in [2.24, 2.45) is 11.8 Å². The Morgan fingerprint density at radius 3 is 2.53 bits per heavy atom. The molecule has 1 amide bonds. The van der Waals surface area contributed by atoms with Crippen molar-refractivity contribution in [3.8, 4) is 0 Å². The number of benzene rings is 2. The number of aliphatic hydroxyl groups is 1. The standard InChI is InChI=1S/C27H37N3O7S/c1-18(2)15-30(38(33,34)21-10-8-20(28)9-11-21)16-24(31)23(14-19-6-4-3-5-7-19)29-27(32)37-25-17-36-26-22(25)12-13-35-26/h3-11,18,22-26,31H,12-17,28H2,1-2H3,(H,29,32)/t22-,23+,24+,25-,26-/m1/s1. The van der Waals surface area contributed by atoms with Crippen LogP contribution in [-0.4, -0.2) is 74.8 Å². The normalized spacial score (nSPS) is 22.8. The summed E-state index contributed by atoms with van der Waals surface area (Å²) in [7, 11) is -3.93. The number of nitrogens with zero attached hydrogens (tertiary/aromatic N) is 1. The number of carbonyl (C=O) groups excluding carboxylic acids is 1. The highest BCUT2D eigenvalue weighted by Crippen LogP contribution is 2.33. The maximum Gasteiger partial charge on any atom is 0.407 e.